The van der Waals surface area contributed by atoms with Gasteiger partial charge in [0, 0.05) is 4.47 Å². The Morgan fingerprint density at radius 2 is 1.87 bits per heavy atom. The summed E-state index contributed by atoms with van der Waals surface area (Å²) >= 11 is 3.40. The second-order valence-corrected chi connectivity index (χ2v) is 5.41. The molecule has 0 heterocycles. The summed E-state index contributed by atoms with van der Waals surface area (Å²) in [5.41, 5.74) is 0.279. The third-order valence-corrected chi connectivity index (χ3v) is 3.44. The first-order chi connectivity index (χ1) is 6.95. The Balaban J connectivity index is 2.80. The number of aliphatic hydroxyl groups is 1. The molecule has 0 aliphatic carbocycles. The van der Waals surface area contributed by atoms with Gasteiger partial charge >= 0.3 is 0 Å². The predicted octanol–water partition coefficient (Wildman–Crippen LogP) is 4.09. The van der Waals surface area contributed by atoms with Crippen LogP contribution in [-0.4, -0.2) is 5.11 Å². The van der Waals surface area contributed by atoms with E-state index in [9.17, 15) is 5.11 Å². The highest BCUT2D eigenvalue weighted by Gasteiger charge is 2.24. The van der Waals surface area contributed by atoms with Crippen molar-refractivity contribution < 1.29 is 5.11 Å². The summed E-state index contributed by atoms with van der Waals surface area (Å²) in [5, 5.41) is 10.4. The number of hydrogen-bond acceptors (Lipinski definition) is 1. The lowest BCUT2D eigenvalue weighted by Crippen LogP contribution is -2.23. The number of rotatable bonds is 4. The van der Waals surface area contributed by atoms with Gasteiger partial charge < -0.3 is 5.11 Å². The lowest BCUT2D eigenvalue weighted by Gasteiger charge is -2.27. The van der Waals surface area contributed by atoms with Crippen molar-refractivity contribution in [1.29, 1.82) is 0 Å². The maximum absolute atomic E-state index is 10.4. The van der Waals surface area contributed by atoms with Crippen molar-refractivity contribution in [3.8, 4) is 0 Å². The molecule has 0 aromatic heterocycles. The maximum Gasteiger partial charge on any atom is 0.0871 e. The van der Waals surface area contributed by atoms with E-state index in [1.54, 1.807) is 0 Å². The van der Waals surface area contributed by atoms with Gasteiger partial charge in [-0.2, -0.15) is 0 Å². The van der Waals surface area contributed by atoms with Gasteiger partial charge in [0.05, 0.1) is 5.60 Å². The first-order valence-corrected chi connectivity index (χ1v) is 6.23. The maximum atomic E-state index is 10.4. The van der Waals surface area contributed by atoms with Crippen molar-refractivity contribution in [1.82, 2.24) is 0 Å². The third-order valence-electron chi connectivity index (χ3n) is 2.91. The monoisotopic (exact) mass is 270 g/mol. The fourth-order valence-electron chi connectivity index (χ4n) is 1.75. The second kappa shape index (κ2) is 5.13. The molecule has 0 saturated heterocycles. The summed E-state index contributed by atoms with van der Waals surface area (Å²) in [4.78, 5) is 0. The minimum atomic E-state index is -0.712. The van der Waals surface area contributed by atoms with Crippen LogP contribution >= 0.6 is 15.9 Å². The molecule has 2 heteroatoms. The average Bonchev–Trinajstić information content (AvgIpc) is 2.17. The van der Waals surface area contributed by atoms with Gasteiger partial charge in [-0.3, -0.25) is 0 Å². The molecule has 1 rings (SSSR count). The normalized spacial score (nSPS) is 17.1. The summed E-state index contributed by atoms with van der Waals surface area (Å²) in [5.74, 6) is 0.545. The minimum absolute atomic E-state index is 0.545. The quantitative estimate of drug-likeness (QED) is 0.874. The molecule has 2 unspecified atom stereocenters. The molecule has 84 valence electrons. The van der Waals surface area contributed by atoms with E-state index in [1.807, 2.05) is 31.2 Å². The van der Waals surface area contributed by atoms with E-state index in [1.165, 1.54) is 0 Å². The SMILES string of the molecule is CCC(C)CC(C)(O)c1ccc(Br)cc1. The van der Waals surface area contributed by atoms with Gasteiger partial charge in [0.1, 0.15) is 0 Å². The van der Waals surface area contributed by atoms with Crippen LogP contribution in [0.3, 0.4) is 0 Å². The van der Waals surface area contributed by atoms with Crippen LogP contribution in [0.25, 0.3) is 0 Å². The summed E-state index contributed by atoms with van der Waals surface area (Å²) in [6.07, 6.45) is 1.91. The van der Waals surface area contributed by atoms with E-state index in [0.29, 0.717) is 5.92 Å². The Bertz CT molecular complexity index is 303. The fraction of sp³-hybridized carbons (Fsp3) is 0.538. The van der Waals surface area contributed by atoms with Crippen molar-refractivity contribution in [3.05, 3.63) is 34.3 Å². The number of halogens is 1. The van der Waals surface area contributed by atoms with E-state index in [0.717, 1.165) is 22.9 Å². The van der Waals surface area contributed by atoms with Crippen LogP contribution in [0.2, 0.25) is 0 Å². The van der Waals surface area contributed by atoms with Crippen molar-refractivity contribution in [2.75, 3.05) is 0 Å². The molecule has 0 fully saturated rings. The summed E-state index contributed by atoms with van der Waals surface area (Å²) in [7, 11) is 0. The average molecular weight is 271 g/mol. The molecule has 1 aromatic carbocycles. The minimum Gasteiger partial charge on any atom is -0.385 e. The molecule has 0 radical (unpaired) electrons. The molecule has 1 nitrogen and oxygen atoms in total. The van der Waals surface area contributed by atoms with E-state index in [4.69, 9.17) is 0 Å². The first-order valence-electron chi connectivity index (χ1n) is 5.44. The van der Waals surface area contributed by atoms with Crippen LogP contribution in [0, 0.1) is 5.92 Å². The Morgan fingerprint density at radius 3 is 2.33 bits per heavy atom. The fourth-order valence-corrected chi connectivity index (χ4v) is 2.01. The van der Waals surface area contributed by atoms with Gasteiger partial charge in [-0.05, 0) is 37.0 Å². The molecule has 1 N–H and O–H groups in total. The molecule has 0 bridgehead atoms. The molecule has 0 aliphatic rings. The summed E-state index contributed by atoms with van der Waals surface area (Å²) < 4.78 is 1.05. The third kappa shape index (κ3) is 3.62. The van der Waals surface area contributed by atoms with Crippen LogP contribution < -0.4 is 0 Å². The lowest BCUT2D eigenvalue weighted by molar-refractivity contribution is 0.0319. The predicted molar refractivity (Wildman–Crippen MR) is 67.8 cm³/mol. The van der Waals surface area contributed by atoms with Crippen LogP contribution in [0.1, 0.15) is 39.2 Å². The van der Waals surface area contributed by atoms with Gasteiger partial charge in [-0.1, -0.05) is 48.3 Å². The smallest absolute Gasteiger partial charge is 0.0871 e. The molecular formula is C13H19BrO. The molecule has 15 heavy (non-hydrogen) atoms. The van der Waals surface area contributed by atoms with Crippen molar-refractivity contribution in [3.63, 3.8) is 0 Å². The van der Waals surface area contributed by atoms with Crippen molar-refractivity contribution in [2.24, 2.45) is 5.92 Å². The van der Waals surface area contributed by atoms with Gasteiger partial charge in [0.15, 0.2) is 0 Å². The Labute approximate surface area is 101 Å². The highest BCUT2D eigenvalue weighted by Crippen LogP contribution is 2.29. The second-order valence-electron chi connectivity index (χ2n) is 4.50. The van der Waals surface area contributed by atoms with E-state index >= 15 is 0 Å². The van der Waals surface area contributed by atoms with E-state index < -0.39 is 5.60 Å². The van der Waals surface area contributed by atoms with Crippen molar-refractivity contribution >= 4 is 15.9 Å². The first kappa shape index (κ1) is 12.7. The number of hydrogen-bond donors (Lipinski definition) is 1. The highest BCUT2D eigenvalue weighted by atomic mass is 79.9. The molecular weight excluding hydrogens is 252 g/mol. The Kier molecular flexibility index (Phi) is 4.35. The zero-order valence-corrected chi connectivity index (χ0v) is 11.2. The van der Waals surface area contributed by atoms with Crippen LogP contribution in [-0.2, 0) is 5.60 Å². The molecule has 0 saturated carbocycles. The van der Waals surface area contributed by atoms with Gasteiger partial charge in [-0.15, -0.1) is 0 Å². The zero-order valence-electron chi connectivity index (χ0n) is 9.63. The topological polar surface area (TPSA) is 20.2 Å². The van der Waals surface area contributed by atoms with Crippen LogP contribution in [0.4, 0.5) is 0 Å². The molecule has 0 aliphatic heterocycles. The molecule has 1 aromatic rings. The molecule has 0 amide bonds. The highest BCUT2D eigenvalue weighted by molar-refractivity contribution is 9.10. The van der Waals surface area contributed by atoms with Crippen LogP contribution in [0.5, 0.6) is 0 Å². The van der Waals surface area contributed by atoms with Crippen LogP contribution in [0.15, 0.2) is 28.7 Å². The standard InChI is InChI=1S/C13H19BrO/c1-4-10(2)9-13(3,15)11-5-7-12(14)8-6-11/h5-8,10,15H,4,9H2,1-3H3. The van der Waals surface area contributed by atoms with E-state index in [-0.39, 0.29) is 0 Å². The van der Waals surface area contributed by atoms with E-state index in [2.05, 4.69) is 29.8 Å². The summed E-state index contributed by atoms with van der Waals surface area (Å²) in [6, 6.07) is 7.90. The van der Waals surface area contributed by atoms with Gasteiger partial charge in [0.25, 0.3) is 0 Å². The molecule has 0 spiro atoms. The summed E-state index contributed by atoms with van der Waals surface area (Å²) in [6.45, 7) is 6.22. The Hall–Kier alpha value is -0.340. The number of benzene rings is 1. The lowest BCUT2D eigenvalue weighted by atomic mass is 9.86. The Morgan fingerprint density at radius 1 is 1.33 bits per heavy atom. The van der Waals surface area contributed by atoms with Gasteiger partial charge in [0.2, 0.25) is 0 Å². The van der Waals surface area contributed by atoms with Crippen molar-refractivity contribution in [2.45, 2.75) is 39.2 Å². The van der Waals surface area contributed by atoms with Gasteiger partial charge in [-0.25, -0.2) is 0 Å². The zero-order chi connectivity index (χ0) is 11.5. The largest absolute Gasteiger partial charge is 0.385 e. The molecule has 2 atom stereocenters.